The third kappa shape index (κ3) is 2.04. The lowest BCUT2D eigenvalue weighted by molar-refractivity contribution is 0.0690. The molecule has 0 unspecified atom stereocenters. The first kappa shape index (κ1) is 11.3. The highest BCUT2D eigenvalue weighted by atomic mass is 32.2. The zero-order valence-electron chi connectivity index (χ0n) is 8.52. The smallest absolute Gasteiger partial charge is 0.356 e. The molecule has 0 spiro atoms. The minimum atomic E-state index is -3.81. The van der Waals surface area contributed by atoms with Gasteiger partial charge in [-0.15, -0.1) is 0 Å². The van der Waals surface area contributed by atoms with Crippen molar-refractivity contribution in [1.29, 1.82) is 0 Å². The molecule has 88 valence electrons. The van der Waals surface area contributed by atoms with Crippen molar-refractivity contribution in [3.05, 3.63) is 48.3 Å². The fourth-order valence-electron chi connectivity index (χ4n) is 1.26. The fourth-order valence-corrected chi connectivity index (χ4v) is 2.39. The number of hydrogen-bond donors (Lipinski definition) is 1. The van der Waals surface area contributed by atoms with Crippen molar-refractivity contribution < 1.29 is 18.3 Å². The Kier molecular flexibility index (Phi) is 2.68. The molecule has 0 fully saturated rings. The maximum atomic E-state index is 12.0. The van der Waals surface area contributed by atoms with Gasteiger partial charge in [-0.2, -0.15) is 17.6 Å². The van der Waals surface area contributed by atoms with Crippen molar-refractivity contribution in [1.82, 2.24) is 9.19 Å². The van der Waals surface area contributed by atoms with E-state index in [4.69, 9.17) is 5.11 Å². The SMILES string of the molecule is O=C(O)c1ccn(S(=O)(=O)c2ccccc2)n1. The van der Waals surface area contributed by atoms with Crippen LogP contribution in [0.25, 0.3) is 0 Å². The van der Waals surface area contributed by atoms with Crippen LogP contribution < -0.4 is 0 Å². The summed E-state index contributed by atoms with van der Waals surface area (Å²) in [6.07, 6.45) is 1.10. The van der Waals surface area contributed by atoms with Gasteiger partial charge in [0.1, 0.15) is 0 Å². The van der Waals surface area contributed by atoms with Crippen LogP contribution in [0.5, 0.6) is 0 Å². The van der Waals surface area contributed by atoms with Gasteiger partial charge in [0.2, 0.25) is 0 Å². The number of hydrogen-bond acceptors (Lipinski definition) is 4. The number of benzene rings is 1. The van der Waals surface area contributed by atoms with Gasteiger partial charge >= 0.3 is 5.97 Å². The summed E-state index contributed by atoms with van der Waals surface area (Å²) >= 11 is 0. The van der Waals surface area contributed by atoms with Crippen LogP contribution >= 0.6 is 0 Å². The van der Waals surface area contributed by atoms with Gasteiger partial charge in [-0.25, -0.2) is 4.79 Å². The van der Waals surface area contributed by atoms with Crippen LogP contribution in [-0.2, 0) is 10.0 Å². The second kappa shape index (κ2) is 4.02. The van der Waals surface area contributed by atoms with Gasteiger partial charge in [0.15, 0.2) is 5.69 Å². The molecule has 0 aliphatic rings. The van der Waals surface area contributed by atoms with Gasteiger partial charge in [-0.3, -0.25) is 0 Å². The number of carboxylic acids is 1. The summed E-state index contributed by atoms with van der Waals surface area (Å²) in [5.41, 5.74) is -0.315. The average molecular weight is 252 g/mol. The minimum absolute atomic E-state index is 0.0556. The molecule has 0 bridgehead atoms. The largest absolute Gasteiger partial charge is 0.476 e. The van der Waals surface area contributed by atoms with E-state index in [2.05, 4.69) is 5.10 Å². The monoisotopic (exact) mass is 252 g/mol. The maximum absolute atomic E-state index is 12.0. The van der Waals surface area contributed by atoms with Crippen LogP contribution in [0.1, 0.15) is 10.5 Å². The second-order valence-electron chi connectivity index (χ2n) is 3.20. The van der Waals surface area contributed by atoms with Gasteiger partial charge in [-0.1, -0.05) is 18.2 Å². The molecule has 2 aromatic rings. The number of aromatic carboxylic acids is 1. The molecule has 0 saturated heterocycles. The Morgan fingerprint density at radius 1 is 1.18 bits per heavy atom. The molecule has 2 rings (SSSR count). The molecular weight excluding hydrogens is 244 g/mol. The Bertz CT molecular complexity index is 646. The molecule has 17 heavy (non-hydrogen) atoms. The maximum Gasteiger partial charge on any atom is 0.356 e. The van der Waals surface area contributed by atoms with Crippen LogP contribution in [0, 0.1) is 0 Å². The number of aromatic nitrogens is 2. The molecule has 0 saturated carbocycles. The quantitative estimate of drug-likeness (QED) is 0.873. The molecule has 0 aliphatic carbocycles. The van der Waals surface area contributed by atoms with Crippen molar-refractivity contribution in [2.24, 2.45) is 0 Å². The van der Waals surface area contributed by atoms with Gasteiger partial charge in [0.25, 0.3) is 10.0 Å². The standard InChI is InChI=1S/C10H8N2O4S/c13-10(14)9-6-7-12(11-9)17(15,16)8-4-2-1-3-5-8/h1-7H,(H,13,14). The van der Waals surface area contributed by atoms with Crippen LogP contribution in [0.15, 0.2) is 47.5 Å². The third-order valence-electron chi connectivity index (χ3n) is 2.07. The Morgan fingerprint density at radius 3 is 2.35 bits per heavy atom. The molecule has 1 aromatic heterocycles. The first-order valence-electron chi connectivity index (χ1n) is 4.61. The van der Waals surface area contributed by atoms with Crippen molar-refractivity contribution in [2.75, 3.05) is 0 Å². The van der Waals surface area contributed by atoms with E-state index in [9.17, 15) is 13.2 Å². The molecule has 1 heterocycles. The summed E-state index contributed by atoms with van der Waals surface area (Å²) in [6.45, 7) is 0. The van der Waals surface area contributed by atoms with E-state index in [1.807, 2.05) is 0 Å². The van der Waals surface area contributed by atoms with Crippen molar-refractivity contribution in [3.63, 3.8) is 0 Å². The highest BCUT2D eigenvalue weighted by Crippen LogP contribution is 2.12. The van der Waals surface area contributed by atoms with E-state index in [0.717, 1.165) is 12.3 Å². The molecule has 7 heteroatoms. The second-order valence-corrected chi connectivity index (χ2v) is 4.99. The Hall–Kier alpha value is -2.15. The minimum Gasteiger partial charge on any atom is -0.476 e. The van der Waals surface area contributed by atoms with Crippen LogP contribution in [0.4, 0.5) is 0 Å². The summed E-state index contributed by atoms with van der Waals surface area (Å²) in [6, 6.07) is 8.80. The van der Waals surface area contributed by atoms with Crippen LogP contribution in [-0.4, -0.2) is 28.7 Å². The molecular formula is C10H8N2O4S. The van der Waals surface area contributed by atoms with Gasteiger partial charge in [-0.05, 0) is 18.2 Å². The summed E-state index contributed by atoms with van der Waals surface area (Å²) in [5.74, 6) is -1.27. The summed E-state index contributed by atoms with van der Waals surface area (Å²) in [7, 11) is -3.81. The Morgan fingerprint density at radius 2 is 1.82 bits per heavy atom. The summed E-state index contributed by atoms with van der Waals surface area (Å²) < 4.78 is 24.6. The summed E-state index contributed by atoms with van der Waals surface area (Å²) in [5, 5.41) is 12.2. The van der Waals surface area contributed by atoms with E-state index in [1.54, 1.807) is 18.2 Å². The van der Waals surface area contributed by atoms with E-state index in [-0.39, 0.29) is 10.6 Å². The fraction of sp³-hybridized carbons (Fsp3) is 0. The number of nitrogens with zero attached hydrogens (tertiary/aromatic N) is 2. The van der Waals surface area contributed by atoms with E-state index >= 15 is 0 Å². The Balaban J connectivity index is 2.49. The molecule has 1 N–H and O–H groups in total. The summed E-state index contributed by atoms with van der Waals surface area (Å²) in [4.78, 5) is 10.7. The first-order valence-corrected chi connectivity index (χ1v) is 6.05. The normalized spacial score (nSPS) is 11.3. The molecule has 0 radical (unpaired) electrons. The van der Waals surface area contributed by atoms with Crippen molar-refractivity contribution in [3.8, 4) is 0 Å². The first-order chi connectivity index (χ1) is 8.01. The number of rotatable bonds is 3. The molecule has 0 atom stereocenters. The lowest BCUT2D eigenvalue weighted by Crippen LogP contribution is -2.14. The lowest BCUT2D eigenvalue weighted by atomic mass is 10.4. The van der Waals surface area contributed by atoms with E-state index in [0.29, 0.717) is 4.09 Å². The van der Waals surface area contributed by atoms with Crippen molar-refractivity contribution >= 4 is 16.0 Å². The van der Waals surface area contributed by atoms with Crippen LogP contribution in [0.3, 0.4) is 0 Å². The van der Waals surface area contributed by atoms with Gasteiger partial charge in [0.05, 0.1) is 4.90 Å². The van der Waals surface area contributed by atoms with Gasteiger partial charge < -0.3 is 5.11 Å². The molecule has 0 amide bonds. The van der Waals surface area contributed by atoms with E-state index < -0.39 is 16.0 Å². The molecule has 1 aromatic carbocycles. The van der Waals surface area contributed by atoms with E-state index in [1.165, 1.54) is 12.1 Å². The highest BCUT2D eigenvalue weighted by molar-refractivity contribution is 7.89. The van der Waals surface area contributed by atoms with Crippen LogP contribution in [0.2, 0.25) is 0 Å². The zero-order chi connectivity index (χ0) is 12.5. The lowest BCUT2D eigenvalue weighted by Gasteiger charge is -2.02. The third-order valence-corrected chi connectivity index (χ3v) is 3.64. The topological polar surface area (TPSA) is 89.3 Å². The molecule has 0 aliphatic heterocycles. The predicted molar refractivity (Wildman–Crippen MR) is 58.2 cm³/mol. The van der Waals surface area contributed by atoms with Gasteiger partial charge in [0, 0.05) is 6.20 Å². The zero-order valence-corrected chi connectivity index (χ0v) is 9.33. The highest BCUT2D eigenvalue weighted by Gasteiger charge is 2.19. The molecule has 6 nitrogen and oxygen atoms in total. The predicted octanol–water partition coefficient (Wildman–Crippen LogP) is 0.818. The number of carbonyl (C=O) groups is 1. The average Bonchev–Trinajstić information content (AvgIpc) is 2.80. The van der Waals surface area contributed by atoms with Crippen molar-refractivity contribution in [2.45, 2.75) is 4.90 Å². The Labute approximate surface area is 97.2 Å². The number of carboxylic acid groups (broad SMARTS) is 1.